The molecule has 1 saturated heterocycles. The summed E-state index contributed by atoms with van der Waals surface area (Å²) in [6.07, 6.45) is 2.27. The van der Waals surface area contributed by atoms with Gasteiger partial charge in [0.25, 0.3) is 11.8 Å². The van der Waals surface area contributed by atoms with Crippen LogP contribution < -0.4 is 16.1 Å². The first-order valence-corrected chi connectivity index (χ1v) is 12.4. The highest BCUT2D eigenvalue weighted by atomic mass is 35.5. The predicted molar refractivity (Wildman–Crippen MR) is 124 cm³/mol. The Bertz CT molecular complexity index is 1080. The quantitative estimate of drug-likeness (QED) is 0.291. The first kappa shape index (κ1) is 25.4. The molecule has 1 aromatic carbocycles. The number of H-pyrrole nitrogens is 1. The zero-order chi connectivity index (χ0) is 24.0. The molecule has 33 heavy (non-hydrogen) atoms. The number of carbonyl (C=O) groups excluding carboxylic acids is 2. The van der Waals surface area contributed by atoms with E-state index in [0.29, 0.717) is 12.8 Å². The predicted octanol–water partition coefficient (Wildman–Crippen LogP) is 1.64. The summed E-state index contributed by atoms with van der Waals surface area (Å²) in [7, 11) is -1.99. The third kappa shape index (κ3) is 6.43. The molecule has 1 aliphatic heterocycles. The number of hydrogen-bond donors (Lipinski definition) is 4. The van der Waals surface area contributed by atoms with Crippen LogP contribution in [0.25, 0.3) is 0 Å². The number of anilines is 1. The van der Waals surface area contributed by atoms with Crippen LogP contribution in [0.5, 0.6) is 0 Å². The van der Waals surface area contributed by atoms with E-state index in [0.717, 1.165) is 0 Å². The molecule has 4 N–H and O–H groups in total. The fourth-order valence-electron chi connectivity index (χ4n) is 3.39. The van der Waals surface area contributed by atoms with Crippen molar-refractivity contribution in [3.8, 4) is 0 Å². The minimum Gasteiger partial charge on any atom is -0.348 e. The Morgan fingerprint density at radius 3 is 2.52 bits per heavy atom. The van der Waals surface area contributed by atoms with Crippen molar-refractivity contribution in [3.63, 3.8) is 0 Å². The summed E-state index contributed by atoms with van der Waals surface area (Å²) < 4.78 is 26.1. The lowest BCUT2D eigenvalue weighted by molar-refractivity contribution is 0.0918. The van der Waals surface area contributed by atoms with Crippen LogP contribution in [0.4, 0.5) is 5.69 Å². The third-order valence-corrected chi connectivity index (χ3v) is 7.58. The van der Waals surface area contributed by atoms with E-state index in [1.54, 1.807) is 6.07 Å². The van der Waals surface area contributed by atoms with Gasteiger partial charge in [0.15, 0.2) is 5.69 Å². The zero-order valence-electron chi connectivity index (χ0n) is 17.7. The van der Waals surface area contributed by atoms with Crippen molar-refractivity contribution in [1.82, 2.24) is 25.3 Å². The number of rotatable bonds is 9. The van der Waals surface area contributed by atoms with Gasteiger partial charge in [-0.1, -0.05) is 29.3 Å². The topological polar surface area (TPSA) is 146 Å². The van der Waals surface area contributed by atoms with E-state index in [9.17, 15) is 18.0 Å². The molecule has 1 aromatic heterocycles. The number of carbonyl (C=O) groups is 2. The van der Waals surface area contributed by atoms with Gasteiger partial charge in [-0.3, -0.25) is 14.7 Å². The lowest BCUT2D eigenvalue weighted by Gasteiger charge is -2.31. The molecule has 180 valence electrons. The molecular formula is C19H24Cl2N6O5S. The number of aromatic amines is 1. The lowest BCUT2D eigenvalue weighted by atomic mass is 10.1. The minimum atomic E-state index is -3.41. The van der Waals surface area contributed by atoms with Crippen LogP contribution in [-0.2, 0) is 14.9 Å². The number of nitrogens with zero attached hydrogens (tertiary/aromatic N) is 2. The SMILES string of the molecule is CONCCS(=O)(=O)N1CCC(NC(=O)c2n[nH]cc2NC(=O)c2c(Cl)cccc2Cl)CC1. The number of halogens is 2. The van der Waals surface area contributed by atoms with Crippen LogP contribution in [0.15, 0.2) is 24.4 Å². The molecule has 0 atom stereocenters. The summed E-state index contributed by atoms with van der Waals surface area (Å²) in [5.41, 5.74) is 2.76. The highest BCUT2D eigenvalue weighted by molar-refractivity contribution is 7.89. The van der Waals surface area contributed by atoms with E-state index in [2.05, 4.69) is 31.1 Å². The van der Waals surface area contributed by atoms with Gasteiger partial charge in [0.05, 0.1) is 34.2 Å². The standard InChI is InChI=1S/C19H24Cl2N6O5S/c1-32-23-7-10-33(30,31)27-8-5-12(6-9-27)24-19(29)17-15(11-22-26-17)25-18(28)16-13(20)3-2-4-14(16)21/h2-4,11-12,23H,5-10H2,1H3,(H,22,26)(H,24,29)(H,25,28). The Labute approximate surface area is 201 Å². The van der Waals surface area contributed by atoms with Crippen LogP contribution in [0.3, 0.4) is 0 Å². The second-order valence-corrected chi connectivity index (χ2v) is 10.2. The van der Waals surface area contributed by atoms with Gasteiger partial charge < -0.3 is 15.5 Å². The van der Waals surface area contributed by atoms with Gasteiger partial charge in [-0.2, -0.15) is 5.10 Å². The molecule has 2 aromatic rings. The molecule has 14 heteroatoms. The summed E-state index contributed by atoms with van der Waals surface area (Å²) in [5, 5.41) is 12.3. The largest absolute Gasteiger partial charge is 0.348 e. The molecule has 1 fully saturated rings. The molecule has 2 heterocycles. The molecule has 0 radical (unpaired) electrons. The molecule has 2 amide bonds. The number of benzene rings is 1. The lowest BCUT2D eigenvalue weighted by Crippen LogP contribution is -2.47. The summed E-state index contributed by atoms with van der Waals surface area (Å²) >= 11 is 12.1. The first-order valence-electron chi connectivity index (χ1n) is 10.1. The van der Waals surface area contributed by atoms with Gasteiger partial charge in [-0.25, -0.2) is 18.2 Å². The van der Waals surface area contributed by atoms with Crippen molar-refractivity contribution in [1.29, 1.82) is 0 Å². The van der Waals surface area contributed by atoms with Gasteiger partial charge in [-0.15, -0.1) is 0 Å². The van der Waals surface area contributed by atoms with Gasteiger partial charge in [0.1, 0.15) is 0 Å². The Kier molecular flexibility index (Phi) is 8.68. The number of piperidine rings is 1. The van der Waals surface area contributed by atoms with Crippen molar-refractivity contribution < 1.29 is 22.8 Å². The Morgan fingerprint density at radius 1 is 1.21 bits per heavy atom. The molecule has 3 rings (SSSR count). The minimum absolute atomic E-state index is 0.00721. The Morgan fingerprint density at radius 2 is 1.88 bits per heavy atom. The molecular weight excluding hydrogens is 495 g/mol. The van der Waals surface area contributed by atoms with Crippen molar-refractivity contribution in [2.45, 2.75) is 18.9 Å². The average molecular weight is 519 g/mol. The maximum Gasteiger partial charge on any atom is 0.274 e. The smallest absolute Gasteiger partial charge is 0.274 e. The highest BCUT2D eigenvalue weighted by Crippen LogP contribution is 2.26. The number of amides is 2. The fraction of sp³-hybridized carbons (Fsp3) is 0.421. The summed E-state index contributed by atoms with van der Waals surface area (Å²) in [6.45, 7) is 0.757. The molecule has 0 spiro atoms. The number of sulfonamides is 1. The number of aromatic nitrogens is 2. The van der Waals surface area contributed by atoms with Gasteiger partial charge >= 0.3 is 0 Å². The highest BCUT2D eigenvalue weighted by Gasteiger charge is 2.29. The molecule has 0 bridgehead atoms. The number of hydrogen-bond acceptors (Lipinski definition) is 7. The van der Waals surface area contributed by atoms with Crippen LogP contribution in [0.2, 0.25) is 10.0 Å². The maximum atomic E-state index is 12.7. The normalized spacial score (nSPS) is 15.4. The molecule has 0 saturated carbocycles. The van der Waals surface area contributed by atoms with E-state index in [-0.39, 0.29) is 58.4 Å². The zero-order valence-corrected chi connectivity index (χ0v) is 20.1. The second-order valence-electron chi connectivity index (χ2n) is 7.26. The average Bonchev–Trinajstić information content (AvgIpc) is 3.22. The van der Waals surface area contributed by atoms with E-state index < -0.39 is 21.8 Å². The van der Waals surface area contributed by atoms with Crippen LogP contribution in [0.1, 0.15) is 33.7 Å². The summed E-state index contributed by atoms with van der Waals surface area (Å²) in [4.78, 5) is 30.0. The van der Waals surface area contributed by atoms with Crippen molar-refractivity contribution in [2.75, 3.05) is 37.8 Å². The van der Waals surface area contributed by atoms with Crippen LogP contribution in [-0.4, -0.2) is 73.3 Å². The molecule has 11 nitrogen and oxygen atoms in total. The maximum absolute atomic E-state index is 12.7. The van der Waals surface area contributed by atoms with Gasteiger partial charge in [-0.05, 0) is 25.0 Å². The molecule has 0 unspecified atom stereocenters. The van der Waals surface area contributed by atoms with Crippen molar-refractivity contribution in [2.24, 2.45) is 0 Å². The third-order valence-electron chi connectivity index (χ3n) is 5.08. The van der Waals surface area contributed by atoms with E-state index in [1.165, 1.54) is 29.7 Å². The fourth-order valence-corrected chi connectivity index (χ4v) is 5.33. The van der Waals surface area contributed by atoms with Gasteiger partial charge in [0, 0.05) is 31.9 Å². The Hall–Kier alpha value is -2.22. The van der Waals surface area contributed by atoms with E-state index in [1.807, 2.05) is 0 Å². The first-order chi connectivity index (χ1) is 15.7. The number of nitrogens with one attached hydrogen (secondary N) is 4. The van der Waals surface area contributed by atoms with E-state index in [4.69, 9.17) is 23.2 Å². The van der Waals surface area contributed by atoms with Crippen molar-refractivity contribution in [3.05, 3.63) is 45.7 Å². The van der Waals surface area contributed by atoms with Crippen molar-refractivity contribution >= 4 is 50.7 Å². The molecule has 1 aliphatic rings. The van der Waals surface area contributed by atoms with Crippen LogP contribution in [0, 0.1) is 0 Å². The molecule has 0 aliphatic carbocycles. The summed E-state index contributed by atoms with van der Waals surface area (Å²) in [5.74, 6) is -1.16. The number of hydroxylamine groups is 1. The summed E-state index contributed by atoms with van der Waals surface area (Å²) in [6, 6.07) is 4.45. The monoisotopic (exact) mass is 518 g/mol. The van der Waals surface area contributed by atoms with Crippen LogP contribution >= 0.6 is 23.2 Å². The Balaban J connectivity index is 1.57. The second kappa shape index (κ2) is 11.3. The van der Waals surface area contributed by atoms with Gasteiger partial charge in [0.2, 0.25) is 10.0 Å². The van der Waals surface area contributed by atoms with E-state index >= 15 is 0 Å².